The number of hydrogen-bond donors (Lipinski definition) is 2. The molecule has 0 aliphatic carbocycles. The highest BCUT2D eigenvalue weighted by Crippen LogP contribution is 2.30. The van der Waals surface area contributed by atoms with E-state index in [2.05, 4.69) is 15.3 Å². The number of benzene rings is 1. The van der Waals surface area contributed by atoms with Crippen molar-refractivity contribution >= 4 is 22.8 Å². The molecule has 0 saturated carbocycles. The predicted octanol–water partition coefficient (Wildman–Crippen LogP) is 1.32. The van der Waals surface area contributed by atoms with Crippen LogP contribution in [0.5, 0.6) is 0 Å². The number of carbonyl (C=O) groups excluding carboxylic acids is 1. The van der Waals surface area contributed by atoms with Gasteiger partial charge in [0.15, 0.2) is 0 Å². The minimum Gasteiger partial charge on any atom is -0.381 e. The number of nitrogens with zero attached hydrogens (tertiary/aromatic N) is 2. The summed E-state index contributed by atoms with van der Waals surface area (Å²) >= 11 is 0. The molecule has 1 fully saturated rings. The first-order valence-corrected chi connectivity index (χ1v) is 7.03. The Balaban J connectivity index is 1.76. The molecule has 0 unspecified atom stereocenters. The van der Waals surface area contributed by atoms with E-state index in [0.717, 1.165) is 11.0 Å². The van der Waals surface area contributed by atoms with Crippen LogP contribution in [-0.2, 0) is 9.53 Å². The van der Waals surface area contributed by atoms with Crippen LogP contribution in [0.3, 0.4) is 0 Å². The van der Waals surface area contributed by atoms with Crippen molar-refractivity contribution in [2.45, 2.75) is 12.8 Å². The van der Waals surface area contributed by atoms with Gasteiger partial charge >= 0.3 is 0 Å². The summed E-state index contributed by atoms with van der Waals surface area (Å²) in [5, 5.41) is 3.20. The van der Waals surface area contributed by atoms with Crippen molar-refractivity contribution in [2.24, 2.45) is 11.1 Å². The van der Waals surface area contributed by atoms with Gasteiger partial charge in [-0.2, -0.15) is 0 Å². The summed E-state index contributed by atoms with van der Waals surface area (Å²) in [7, 11) is 0. The van der Waals surface area contributed by atoms with Crippen molar-refractivity contribution in [3.05, 3.63) is 30.5 Å². The highest BCUT2D eigenvalue weighted by Gasteiger charge is 2.38. The average molecular weight is 286 g/mol. The third-order valence-corrected chi connectivity index (χ3v) is 4.03. The van der Waals surface area contributed by atoms with Gasteiger partial charge in [0.2, 0.25) is 5.91 Å². The summed E-state index contributed by atoms with van der Waals surface area (Å²) in [4.78, 5) is 20.6. The molecule has 1 amide bonds. The maximum Gasteiger partial charge on any atom is 0.225 e. The molecule has 1 aromatic heterocycles. The number of para-hydroxylation sites is 2. The lowest BCUT2D eigenvalue weighted by atomic mass is 9.79. The molecule has 0 spiro atoms. The van der Waals surface area contributed by atoms with Crippen LogP contribution in [0.2, 0.25) is 0 Å². The molecule has 1 saturated heterocycles. The molecule has 6 nitrogen and oxygen atoms in total. The van der Waals surface area contributed by atoms with Crippen LogP contribution >= 0.6 is 0 Å². The van der Waals surface area contributed by atoms with Gasteiger partial charge in [0.25, 0.3) is 0 Å². The number of fused-ring (bicyclic) bond motifs is 1. The molecule has 3 rings (SSSR count). The molecule has 110 valence electrons. The smallest absolute Gasteiger partial charge is 0.225 e. The zero-order valence-corrected chi connectivity index (χ0v) is 11.7. The molecular weight excluding hydrogens is 268 g/mol. The molecule has 6 heteroatoms. The quantitative estimate of drug-likeness (QED) is 0.884. The van der Waals surface area contributed by atoms with Crippen LogP contribution in [0.25, 0.3) is 11.0 Å². The van der Waals surface area contributed by atoms with E-state index in [1.807, 2.05) is 24.3 Å². The Morgan fingerprint density at radius 1 is 1.29 bits per heavy atom. The van der Waals surface area contributed by atoms with Gasteiger partial charge in [-0.15, -0.1) is 0 Å². The van der Waals surface area contributed by atoms with E-state index < -0.39 is 5.41 Å². The van der Waals surface area contributed by atoms with Crippen molar-refractivity contribution in [2.75, 3.05) is 25.1 Å². The average Bonchev–Trinajstić information content (AvgIpc) is 2.53. The van der Waals surface area contributed by atoms with E-state index >= 15 is 0 Å². The number of rotatable bonds is 4. The molecule has 1 aromatic carbocycles. The van der Waals surface area contributed by atoms with E-state index in [4.69, 9.17) is 10.5 Å². The molecule has 21 heavy (non-hydrogen) atoms. The Labute approximate surface area is 122 Å². The Bertz CT molecular complexity index is 653. The normalized spacial score (nSPS) is 17.5. The largest absolute Gasteiger partial charge is 0.381 e. The molecule has 2 heterocycles. The maximum absolute atomic E-state index is 11.8. The Hall–Kier alpha value is -2.21. The second kappa shape index (κ2) is 5.65. The molecular formula is C15H18N4O2. The lowest BCUT2D eigenvalue weighted by molar-refractivity contribution is -0.132. The monoisotopic (exact) mass is 286 g/mol. The summed E-state index contributed by atoms with van der Waals surface area (Å²) < 4.78 is 5.32. The number of carbonyl (C=O) groups is 1. The number of aromatic nitrogens is 2. The van der Waals surface area contributed by atoms with Crippen molar-refractivity contribution in [1.29, 1.82) is 0 Å². The Morgan fingerprint density at radius 2 is 2.00 bits per heavy atom. The van der Waals surface area contributed by atoms with Gasteiger partial charge in [0.1, 0.15) is 5.82 Å². The van der Waals surface area contributed by atoms with Gasteiger partial charge < -0.3 is 15.8 Å². The minimum atomic E-state index is -0.564. The number of nitrogens with two attached hydrogens (primary N) is 1. The minimum absolute atomic E-state index is 0.285. The van der Waals surface area contributed by atoms with E-state index in [-0.39, 0.29) is 5.91 Å². The van der Waals surface area contributed by atoms with Crippen molar-refractivity contribution in [3.63, 3.8) is 0 Å². The summed E-state index contributed by atoms with van der Waals surface area (Å²) in [6.45, 7) is 1.58. The van der Waals surface area contributed by atoms with E-state index in [9.17, 15) is 4.79 Å². The summed E-state index contributed by atoms with van der Waals surface area (Å²) in [6, 6.07) is 7.67. The van der Waals surface area contributed by atoms with Gasteiger partial charge in [-0.3, -0.25) is 9.78 Å². The standard InChI is InChI=1S/C15H18N4O2/c16-14(20)15(5-7-21-8-6-15)10-18-13-9-17-11-3-1-2-4-12(11)19-13/h1-4,9H,5-8,10H2,(H2,16,20)(H,18,19). The third-order valence-electron chi connectivity index (χ3n) is 4.03. The van der Waals surface area contributed by atoms with E-state index in [0.29, 0.717) is 38.4 Å². The van der Waals surface area contributed by atoms with Gasteiger partial charge in [-0.25, -0.2) is 4.98 Å². The van der Waals surface area contributed by atoms with E-state index in [1.54, 1.807) is 6.20 Å². The zero-order chi connectivity index (χ0) is 14.7. The first kappa shape index (κ1) is 13.8. The first-order valence-electron chi connectivity index (χ1n) is 7.03. The van der Waals surface area contributed by atoms with Crippen molar-refractivity contribution in [3.8, 4) is 0 Å². The van der Waals surface area contributed by atoms with Crippen LogP contribution < -0.4 is 11.1 Å². The van der Waals surface area contributed by atoms with Crippen molar-refractivity contribution in [1.82, 2.24) is 9.97 Å². The second-order valence-corrected chi connectivity index (χ2v) is 5.35. The lowest BCUT2D eigenvalue weighted by Gasteiger charge is -2.34. The number of amides is 1. The SMILES string of the molecule is NC(=O)C1(CNc2cnc3ccccc3n2)CCOCC1. The number of primary amides is 1. The topological polar surface area (TPSA) is 90.1 Å². The number of anilines is 1. The molecule has 2 aromatic rings. The fourth-order valence-electron chi connectivity index (χ4n) is 2.57. The molecule has 1 aliphatic rings. The fraction of sp³-hybridized carbons (Fsp3) is 0.400. The summed E-state index contributed by atoms with van der Waals surface area (Å²) in [5.41, 5.74) is 6.69. The van der Waals surface area contributed by atoms with Crippen LogP contribution in [0.15, 0.2) is 30.5 Å². The molecule has 0 radical (unpaired) electrons. The highest BCUT2D eigenvalue weighted by atomic mass is 16.5. The highest BCUT2D eigenvalue weighted by molar-refractivity contribution is 5.81. The van der Waals surface area contributed by atoms with Crippen LogP contribution in [-0.4, -0.2) is 35.6 Å². The van der Waals surface area contributed by atoms with Gasteiger partial charge in [0.05, 0.1) is 22.6 Å². The summed E-state index contributed by atoms with van der Waals surface area (Å²) in [5.74, 6) is 0.368. The summed E-state index contributed by atoms with van der Waals surface area (Å²) in [6.07, 6.45) is 2.95. The third kappa shape index (κ3) is 2.80. The predicted molar refractivity (Wildman–Crippen MR) is 79.7 cm³/mol. The van der Waals surface area contributed by atoms with E-state index in [1.165, 1.54) is 0 Å². The van der Waals surface area contributed by atoms with Crippen molar-refractivity contribution < 1.29 is 9.53 Å². The van der Waals surface area contributed by atoms with Crippen LogP contribution in [0, 0.1) is 5.41 Å². The Kier molecular flexibility index (Phi) is 3.70. The number of nitrogens with one attached hydrogen (secondary N) is 1. The molecule has 0 bridgehead atoms. The Morgan fingerprint density at radius 3 is 2.71 bits per heavy atom. The van der Waals surface area contributed by atoms with Gasteiger partial charge in [-0.05, 0) is 25.0 Å². The maximum atomic E-state index is 11.8. The van der Waals surface area contributed by atoms with Crippen LogP contribution in [0.4, 0.5) is 5.82 Å². The van der Waals surface area contributed by atoms with Gasteiger partial charge in [-0.1, -0.05) is 12.1 Å². The fourth-order valence-corrected chi connectivity index (χ4v) is 2.57. The lowest BCUT2D eigenvalue weighted by Crippen LogP contribution is -2.46. The molecule has 1 aliphatic heterocycles. The number of ether oxygens (including phenoxy) is 1. The molecule has 0 atom stereocenters. The van der Waals surface area contributed by atoms with Gasteiger partial charge in [0, 0.05) is 19.8 Å². The second-order valence-electron chi connectivity index (χ2n) is 5.35. The molecule has 3 N–H and O–H groups in total. The van der Waals surface area contributed by atoms with Crippen LogP contribution in [0.1, 0.15) is 12.8 Å². The number of hydrogen-bond acceptors (Lipinski definition) is 5. The zero-order valence-electron chi connectivity index (χ0n) is 11.7. The first-order chi connectivity index (χ1) is 10.2.